The van der Waals surface area contributed by atoms with Crippen LogP contribution in [0.2, 0.25) is 0 Å². The van der Waals surface area contributed by atoms with Gasteiger partial charge in [-0.2, -0.15) is 10.1 Å². The SMILES string of the molecule is CCCCCC(=O)OCC1CCCC(OCC2OC(n3cnc(N)nc3=O)CC2O)O1.CCCCCCCCCC.CCCCCCCCCCC(=O)NC(Cc1cnc[nH]1)C(=O)NCc1cn(C)nn1.CCCCCCCCCCCCCCCC.CCCOC(=O)CCNS(=O)(=O)c1ccc(-n2nc(C)cc2-c2ccc(C)cc2)cc1. The number of rotatable bonds is 54. The zero-order valence-corrected chi connectivity index (χ0v) is 74.4. The molecule has 2 aromatic carbocycles. The first-order valence-corrected chi connectivity index (χ1v) is 46.4. The Balaban J connectivity index is 0.000000325. The van der Waals surface area contributed by atoms with Gasteiger partial charge >= 0.3 is 17.6 Å². The molecule has 0 aliphatic carbocycles. The van der Waals surface area contributed by atoms with Crippen LogP contribution in [0.5, 0.6) is 0 Å². The number of H-pyrrole nitrogens is 1. The number of aliphatic hydroxyl groups excluding tert-OH is 1. The van der Waals surface area contributed by atoms with Crippen LogP contribution in [0.1, 0.15) is 341 Å². The summed E-state index contributed by atoms with van der Waals surface area (Å²) in [5, 5.41) is 28.4. The average Bonchev–Trinajstić information content (AvgIpc) is 1.28. The molecule has 6 heterocycles. The molecule has 8 rings (SSSR count). The van der Waals surface area contributed by atoms with Crippen LogP contribution in [0.4, 0.5) is 5.95 Å². The second kappa shape index (κ2) is 63.3. The molecule has 118 heavy (non-hydrogen) atoms. The summed E-state index contributed by atoms with van der Waals surface area (Å²) >= 11 is 0. The van der Waals surface area contributed by atoms with E-state index in [2.05, 4.69) is 92.2 Å². The Morgan fingerprint density at radius 2 is 1.22 bits per heavy atom. The Morgan fingerprint density at radius 3 is 1.75 bits per heavy atom. The fraction of sp³-hybridized carbons (Fsp3) is 0.700. The minimum Gasteiger partial charge on any atom is -0.466 e. The fourth-order valence-corrected chi connectivity index (χ4v) is 14.5. The number of esters is 2. The molecular formula is C90H150N14O13S. The smallest absolute Gasteiger partial charge is 0.354 e. The third-order valence-electron chi connectivity index (χ3n) is 20.5. The van der Waals surface area contributed by atoms with E-state index >= 15 is 0 Å². The van der Waals surface area contributed by atoms with Gasteiger partial charge in [0.25, 0.3) is 0 Å². The van der Waals surface area contributed by atoms with E-state index in [0.29, 0.717) is 38.0 Å². The predicted molar refractivity (Wildman–Crippen MR) is 467 cm³/mol. The number of carbonyl (C=O) groups is 4. The van der Waals surface area contributed by atoms with Crippen LogP contribution in [0.15, 0.2) is 89.3 Å². The molecular weight excluding hydrogens is 1520 g/mol. The van der Waals surface area contributed by atoms with Crippen molar-refractivity contribution in [2.45, 2.75) is 380 Å². The van der Waals surface area contributed by atoms with Crippen molar-refractivity contribution in [1.29, 1.82) is 0 Å². The summed E-state index contributed by atoms with van der Waals surface area (Å²) in [6.45, 7) is 20.2. The van der Waals surface area contributed by atoms with Gasteiger partial charge in [0.15, 0.2) is 6.29 Å². The standard InChI is InChI=1S/C23H27N3O4S.C21H35N7O2.C20H32N4O7.C16H34.C10H22/c1-4-15-30-23(27)13-14-24-31(28,29)21-11-9-20(10-12-21)26-22(16-18(3)25-26)19-7-5-17(2)6-8-19;1-3-4-5-6-7-8-9-10-11-20(29)25-19(12-17-13-22-16-24-17)21(30)23-14-18-15-28(2)27-26-18;1-2-3-4-7-17(26)28-10-13-6-5-8-18(30-13)29-11-15-14(25)9-16(31-15)24-12-22-19(21)23-20(24)27;1-3-5-7-9-11-13-15-16-14-12-10-8-6-4-2;1-3-5-7-9-10-8-6-4-2/h5-12,16,24H,4,13-15H2,1-3H3;13,15-16,19H,3-12,14H2,1-2H3,(H,22,24)(H,23,30)(H,25,29);12-16,18,25H,2-11H2,1H3,(H2,21,23,27);3-16H2,1-2H3;3-10H2,1-2H3. The summed E-state index contributed by atoms with van der Waals surface area (Å²) < 4.78 is 59.7. The third-order valence-corrected chi connectivity index (χ3v) is 22.0. The van der Waals surface area contributed by atoms with E-state index in [9.17, 15) is 37.5 Å². The summed E-state index contributed by atoms with van der Waals surface area (Å²) in [6, 6.07) is 16.0. The lowest BCUT2D eigenvalue weighted by Gasteiger charge is -2.30. The molecule has 2 aliphatic rings. The van der Waals surface area contributed by atoms with Crippen LogP contribution in [0, 0.1) is 13.8 Å². The van der Waals surface area contributed by atoms with Gasteiger partial charge in [-0.15, -0.1) is 5.10 Å². The number of hydrogen-bond acceptors (Lipinski definition) is 20. The maximum absolute atomic E-state index is 12.7. The van der Waals surface area contributed by atoms with Crippen LogP contribution in [0.3, 0.4) is 0 Å². The van der Waals surface area contributed by atoms with Crippen molar-refractivity contribution in [3.63, 3.8) is 0 Å². The molecule has 4 aromatic heterocycles. The number of ether oxygens (including phenoxy) is 5. The molecule has 27 nitrogen and oxygen atoms in total. The number of sulfonamides is 1. The number of nitrogens with zero attached hydrogens (tertiary/aromatic N) is 9. The van der Waals surface area contributed by atoms with Gasteiger partial charge in [0.05, 0.1) is 66.7 Å². The lowest BCUT2D eigenvalue weighted by Crippen LogP contribution is -2.47. The number of benzene rings is 2. The largest absolute Gasteiger partial charge is 0.466 e. The summed E-state index contributed by atoms with van der Waals surface area (Å²) in [7, 11) is -1.96. The topological polar surface area (TPSA) is 356 Å². The van der Waals surface area contributed by atoms with Gasteiger partial charge in [0, 0.05) is 62.9 Å². The van der Waals surface area contributed by atoms with Gasteiger partial charge in [-0.05, 0) is 82.7 Å². The maximum atomic E-state index is 12.7. The molecule has 6 atom stereocenters. The Labute approximate surface area is 706 Å². The zero-order valence-electron chi connectivity index (χ0n) is 73.6. The van der Waals surface area contributed by atoms with Crippen molar-refractivity contribution in [1.82, 2.24) is 64.6 Å². The number of nitrogens with one attached hydrogen (secondary N) is 4. The number of aryl methyl sites for hydroxylation is 3. The van der Waals surface area contributed by atoms with Gasteiger partial charge in [0.2, 0.25) is 27.8 Å². The monoisotopic (exact) mass is 1670 g/mol. The summed E-state index contributed by atoms with van der Waals surface area (Å²) in [5.41, 5.74) is 11.0. The highest BCUT2D eigenvalue weighted by atomic mass is 32.2. The molecule has 0 radical (unpaired) electrons. The molecule has 2 aliphatic heterocycles. The molecule has 7 N–H and O–H groups in total. The van der Waals surface area contributed by atoms with Crippen LogP contribution < -0.4 is 26.8 Å². The van der Waals surface area contributed by atoms with E-state index < -0.39 is 52.5 Å². The van der Waals surface area contributed by atoms with E-state index in [-0.39, 0.29) is 73.9 Å². The predicted octanol–water partition coefficient (Wildman–Crippen LogP) is 17.7. The number of nitrogens with two attached hydrogens (primary N) is 1. The highest BCUT2D eigenvalue weighted by Gasteiger charge is 2.37. The normalized spacial score (nSPS) is 15.9. The molecule has 28 heteroatoms. The molecule has 2 fully saturated rings. The van der Waals surface area contributed by atoms with Crippen molar-refractivity contribution >= 4 is 39.7 Å². The lowest BCUT2D eigenvalue weighted by molar-refractivity contribution is -0.219. The van der Waals surface area contributed by atoms with Crippen molar-refractivity contribution in [2.24, 2.45) is 7.05 Å². The average molecular weight is 1670 g/mol. The van der Waals surface area contributed by atoms with Gasteiger partial charge in [0.1, 0.15) is 37.0 Å². The molecule has 6 unspecified atom stereocenters. The second-order valence-corrected chi connectivity index (χ2v) is 33.1. The van der Waals surface area contributed by atoms with E-state index in [1.165, 1.54) is 202 Å². The molecule has 664 valence electrons. The molecule has 6 aromatic rings. The summed E-state index contributed by atoms with van der Waals surface area (Å²) in [4.78, 5) is 74.8. The number of carbonyl (C=O) groups excluding carboxylic acids is 4. The van der Waals surface area contributed by atoms with Crippen LogP contribution in [-0.2, 0) is 72.9 Å². The van der Waals surface area contributed by atoms with E-state index in [0.717, 1.165) is 86.1 Å². The van der Waals surface area contributed by atoms with Gasteiger partial charge in [-0.3, -0.25) is 28.4 Å². The van der Waals surface area contributed by atoms with E-state index in [1.807, 2.05) is 51.1 Å². The number of unbranched alkanes of at least 4 members (excludes halogenated alkanes) is 29. The van der Waals surface area contributed by atoms with Crippen molar-refractivity contribution in [3.05, 3.63) is 113 Å². The number of aromatic amines is 1. The number of anilines is 1. The fourth-order valence-electron chi connectivity index (χ4n) is 13.5. The minimum atomic E-state index is -3.72. The Hall–Kier alpha value is -7.76. The second-order valence-electron chi connectivity index (χ2n) is 31.3. The number of hydrogen-bond donors (Lipinski definition) is 6. The summed E-state index contributed by atoms with van der Waals surface area (Å²) in [5.74, 6) is -1.08. The Kier molecular flexibility index (Phi) is 55.0. The molecule has 0 saturated carbocycles. The Bertz CT molecular complexity index is 3740. The van der Waals surface area contributed by atoms with Crippen LogP contribution in [-0.4, -0.2) is 144 Å². The third kappa shape index (κ3) is 45.0. The van der Waals surface area contributed by atoms with Crippen molar-refractivity contribution < 1.29 is 56.4 Å². The maximum Gasteiger partial charge on any atom is 0.354 e. The van der Waals surface area contributed by atoms with E-state index in [1.54, 1.807) is 47.3 Å². The highest BCUT2D eigenvalue weighted by molar-refractivity contribution is 7.89. The first-order chi connectivity index (χ1) is 57.2. The quantitative estimate of drug-likeness (QED) is 0.0153. The lowest BCUT2D eigenvalue weighted by atomic mass is 10.0. The molecule has 2 amide bonds. The number of aliphatic hydroxyl groups is 1. The molecule has 2 saturated heterocycles. The van der Waals surface area contributed by atoms with Crippen molar-refractivity contribution in [3.8, 4) is 16.9 Å². The Morgan fingerprint density at radius 1 is 0.669 bits per heavy atom. The van der Waals surface area contributed by atoms with Crippen LogP contribution in [0.25, 0.3) is 16.9 Å². The van der Waals surface area contributed by atoms with Gasteiger partial charge < -0.3 is 50.1 Å². The zero-order chi connectivity index (χ0) is 85.8. The number of amides is 2. The number of imidazole rings is 1. The first-order valence-electron chi connectivity index (χ1n) is 44.9. The highest BCUT2D eigenvalue weighted by Crippen LogP contribution is 2.30. The first kappa shape index (κ1) is 103. The van der Waals surface area contributed by atoms with Gasteiger partial charge in [-0.1, -0.05) is 283 Å². The summed E-state index contributed by atoms with van der Waals surface area (Å²) in [6.07, 6.45) is 52.2. The van der Waals surface area contributed by atoms with Gasteiger partial charge in [-0.25, -0.2) is 32.6 Å². The van der Waals surface area contributed by atoms with E-state index in [4.69, 9.17) is 29.4 Å². The molecule has 0 spiro atoms. The molecule has 0 bridgehead atoms. The number of nitrogen functional groups attached to an aromatic ring is 1. The van der Waals surface area contributed by atoms with Crippen molar-refractivity contribution in [2.75, 3.05) is 32.1 Å². The number of aromatic nitrogens is 10. The minimum absolute atomic E-state index is 0.0101. The van der Waals surface area contributed by atoms with Crippen LogP contribution >= 0.6 is 0 Å².